The molecule has 2 atom stereocenters. The third-order valence-electron chi connectivity index (χ3n) is 3.94. The fourth-order valence-corrected chi connectivity index (χ4v) is 2.88. The average Bonchev–Trinajstić information content (AvgIpc) is 2.90. The normalized spacial score (nSPS) is 20.8. The summed E-state index contributed by atoms with van der Waals surface area (Å²) >= 11 is 0. The molecule has 1 aliphatic heterocycles. The van der Waals surface area contributed by atoms with Crippen molar-refractivity contribution in [3.63, 3.8) is 0 Å². The highest BCUT2D eigenvalue weighted by molar-refractivity contribution is 5.09. The maximum Gasteiger partial charge on any atom is 0.141 e. The minimum atomic E-state index is -0.270. The van der Waals surface area contributed by atoms with Gasteiger partial charge in [0.1, 0.15) is 5.82 Å². The van der Waals surface area contributed by atoms with Crippen LogP contribution in [0.3, 0.4) is 0 Å². The van der Waals surface area contributed by atoms with Gasteiger partial charge in [-0.1, -0.05) is 13.8 Å². The topological polar surface area (TPSA) is 28.2 Å². The lowest BCUT2D eigenvalue weighted by Gasteiger charge is -2.32. The second kappa shape index (κ2) is 7.14. The van der Waals surface area contributed by atoms with E-state index >= 15 is 0 Å². The van der Waals surface area contributed by atoms with Crippen molar-refractivity contribution in [3.05, 3.63) is 29.8 Å². The van der Waals surface area contributed by atoms with E-state index < -0.39 is 0 Å². The smallest absolute Gasteiger partial charge is 0.141 e. The molecule has 2 heterocycles. The molecule has 1 fully saturated rings. The van der Waals surface area contributed by atoms with E-state index in [2.05, 4.69) is 36.0 Å². The molecule has 0 amide bonds. The van der Waals surface area contributed by atoms with Crippen LogP contribution in [0, 0.1) is 11.7 Å². The molecular weight excluding hydrogens is 253 g/mol. The summed E-state index contributed by atoms with van der Waals surface area (Å²) < 4.78 is 13.0. The first kappa shape index (κ1) is 15.4. The molecule has 1 saturated heterocycles. The number of rotatable bonds is 6. The van der Waals surface area contributed by atoms with Crippen molar-refractivity contribution in [2.45, 2.75) is 45.7 Å². The number of nitrogens with one attached hydrogen (secondary N) is 1. The monoisotopic (exact) mass is 279 g/mol. The molecule has 3 nitrogen and oxygen atoms in total. The van der Waals surface area contributed by atoms with Gasteiger partial charge in [-0.2, -0.15) is 0 Å². The minimum Gasteiger partial charge on any atom is -0.313 e. The first-order valence-corrected chi connectivity index (χ1v) is 7.65. The Balaban J connectivity index is 2.05. The standard InChI is InChI=1S/C16H26FN3/c1-12(2)10-20(11-15-5-4-8-18-15)13(3)16-7-6-14(17)9-19-16/h6-7,9,12-13,15,18H,4-5,8,10-11H2,1-3H3. The van der Waals surface area contributed by atoms with Gasteiger partial charge < -0.3 is 5.32 Å². The van der Waals surface area contributed by atoms with E-state index in [0.29, 0.717) is 12.0 Å². The molecule has 0 saturated carbocycles. The molecule has 112 valence electrons. The Hall–Kier alpha value is -1.00. The van der Waals surface area contributed by atoms with Gasteiger partial charge in [-0.15, -0.1) is 0 Å². The van der Waals surface area contributed by atoms with Gasteiger partial charge in [-0.3, -0.25) is 9.88 Å². The summed E-state index contributed by atoms with van der Waals surface area (Å²) in [6, 6.07) is 4.10. The maximum absolute atomic E-state index is 13.0. The minimum absolute atomic E-state index is 0.223. The third kappa shape index (κ3) is 4.25. The SMILES string of the molecule is CC(C)CN(CC1CCCN1)C(C)c1ccc(F)cn1. The fourth-order valence-electron chi connectivity index (χ4n) is 2.88. The van der Waals surface area contributed by atoms with Crippen molar-refractivity contribution in [1.82, 2.24) is 15.2 Å². The number of pyridine rings is 1. The average molecular weight is 279 g/mol. The molecule has 0 bridgehead atoms. The lowest BCUT2D eigenvalue weighted by atomic mass is 10.1. The van der Waals surface area contributed by atoms with Crippen LogP contribution in [0.2, 0.25) is 0 Å². The van der Waals surface area contributed by atoms with E-state index in [0.717, 1.165) is 25.3 Å². The Morgan fingerprint density at radius 2 is 2.20 bits per heavy atom. The second-order valence-corrected chi connectivity index (χ2v) is 6.22. The molecule has 1 aliphatic rings. The van der Waals surface area contributed by atoms with Gasteiger partial charge >= 0.3 is 0 Å². The molecule has 2 unspecified atom stereocenters. The predicted molar refractivity (Wildman–Crippen MR) is 80.0 cm³/mol. The van der Waals surface area contributed by atoms with Crippen LogP contribution in [0.1, 0.15) is 45.3 Å². The fraction of sp³-hybridized carbons (Fsp3) is 0.688. The largest absolute Gasteiger partial charge is 0.313 e. The van der Waals surface area contributed by atoms with Crippen LogP contribution in [-0.2, 0) is 0 Å². The Kier molecular flexibility index (Phi) is 5.49. The molecule has 1 aromatic rings. The van der Waals surface area contributed by atoms with Crippen molar-refractivity contribution in [3.8, 4) is 0 Å². The number of nitrogens with zero attached hydrogens (tertiary/aromatic N) is 2. The summed E-state index contributed by atoms with van der Waals surface area (Å²) in [5.41, 5.74) is 0.949. The maximum atomic E-state index is 13.0. The molecule has 20 heavy (non-hydrogen) atoms. The quantitative estimate of drug-likeness (QED) is 0.867. The molecule has 0 spiro atoms. The summed E-state index contributed by atoms with van der Waals surface area (Å²) in [7, 11) is 0. The van der Waals surface area contributed by atoms with E-state index in [1.54, 1.807) is 6.07 Å². The molecule has 1 N–H and O–H groups in total. The first-order chi connectivity index (χ1) is 9.56. The summed E-state index contributed by atoms with van der Waals surface area (Å²) in [5.74, 6) is 0.341. The second-order valence-electron chi connectivity index (χ2n) is 6.22. The lowest BCUT2D eigenvalue weighted by Crippen LogP contribution is -2.40. The number of halogens is 1. The van der Waals surface area contributed by atoms with Gasteiger partial charge in [-0.25, -0.2) is 4.39 Å². The van der Waals surface area contributed by atoms with Gasteiger partial charge in [0.05, 0.1) is 11.9 Å². The predicted octanol–water partition coefficient (Wildman–Crippen LogP) is 2.99. The van der Waals surface area contributed by atoms with Gasteiger partial charge in [-0.05, 0) is 44.4 Å². The van der Waals surface area contributed by atoms with Crippen molar-refractivity contribution in [1.29, 1.82) is 0 Å². The highest BCUT2D eigenvalue weighted by Crippen LogP contribution is 2.21. The Morgan fingerprint density at radius 3 is 2.75 bits per heavy atom. The molecule has 1 aromatic heterocycles. The summed E-state index contributed by atoms with van der Waals surface area (Å²) in [4.78, 5) is 6.71. The molecular formula is C16H26FN3. The summed E-state index contributed by atoms with van der Waals surface area (Å²) in [6.45, 7) is 9.84. The van der Waals surface area contributed by atoms with Crippen molar-refractivity contribution in [2.24, 2.45) is 5.92 Å². The zero-order valence-electron chi connectivity index (χ0n) is 12.8. The zero-order valence-corrected chi connectivity index (χ0v) is 12.8. The van der Waals surface area contributed by atoms with Gasteiger partial charge in [0.2, 0.25) is 0 Å². The lowest BCUT2D eigenvalue weighted by molar-refractivity contribution is 0.168. The molecule has 0 aliphatic carbocycles. The molecule has 4 heteroatoms. The van der Waals surface area contributed by atoms with Gasteiger partial charge in [0.15, 0.2) is 0 Å². The Bertz CT molecular complexity index is 399. The van der Waals surface area contributed by atoms with Crippen LogP contribution in [-0.4, -0.2) is 35.6 Å². The molecule has 0 aromatic carbocycles. The van der Waals surface area contributed by atoms with Crippen LogP contribution < -0.4 is 5.32 Å². The van der Waals surface area contributed by atoms with Crippen LogP contribution in [0.5, 0.6) is 0 Å². The zero-order chi connectivity index (χ0) is 14.5. The Labute approximate surface area is 121 Å². The van der Waals surface area contributed by atoms with Crippen molar-refractivity contribution >= 4 is 0 Å². The number of hydrogen-bond donors (Lipinski definition) is 1. The van der Waals surface area contributed by atoms with Crippen LogP contribution in [0.25, 0.3) is 0 Å². The highest BCUT2D eigenvalue weighted by Gasteiger charge is 2.23. The summed E-state index contributed by atoms with van der Waals surface area (Å²) in [6.07, 6.45) is 3.83. The van der Waals surface area contributed by atoms with Crippen LogP contribution in [0.4, 0.5) is 4.39 Å². The highest BCUT2D eigenvalue weighted by atomic mass is 19.1. The van der Waals surface area contributed by atoms with E-state index in [9.17, 15) is 4.39 Å². The van der Waals surface area contributed by atoms with E-state index in [4.69, 9.17) is 0 Å². The third-order valence-corrected chi connectivity index (χ3v) is 3.94. The van der Waals surface area contributed by atoms with Gasteiger partial charge in [0.25, 0.3) is 0 Å². The van der Waals surface area contributed by atoms with E-state index in [1.807, 2.05) is 0 Å². The molecule has 2 rings (SSSR count). The number of aromatic nitrogens is 1. The van der Waals surface area contributed by atoms with Gasteiger partial charge in [0, 0.05) is 25.2 Å². The Morgan fingerprint density at radius 1 is 1.40 bits per heavy atom. The van der Waals surface area contributed by atoms with Crippen LogP contribution in [0.15, 0.2) is 18.3 Å². The molecule has 0 radical (unpaired) electrons. The first-order valence-electron chi connectivity index (χ1n) is 7.65. The van der Waals surface area contributed by atoms with Crippen LogP contribution >= 0.6 is 0 Å². The summed E-state index contributed by atoms with van der Waals surface area (Å²) in [5, 5.41) is 3.55. The van der Waals surface area contributed by atoms with E-state index in [1.165, 1.54) is 25.1 Å². The van der Waals surface area contributed by atoms with E-state index in [-0.39, 0.29) is 11.9 Å². The van der Waals surface area contributed by atoms with Crippen molar-refractivity contribution in [2.75, 3.05) is 19.6 Å². The van der Waals surface area contributed by atoms with Crippen molar-refractivity contribution < 1.29 is 4.39 Å². The number of hydrogen-bond acceptors (Lipinski definition) is 3.